The summed E-state index contributed by atoms with van der Waals surface area (Å²) in [6.45, 7) is 1.99. The lowest BCUT2D eigenvalue weighted by molar-refractivity contribution is 0.0207. The van der Waals surface area contributed by atoms with Crippen molar-refractivity contribution < 1.29 is 5.11 Å². The summed E-state index contributed by atoms with van der Waals surface area (Å²) in [7, 11) is 0. The normalized spacial score (nSPS) is 19.1. The van der Waals surface area contributed by atoms with E-state index < -0.39 is 5.60 Å². The highest BCUT2D eigenvalue weighted by molar-refractivity contribution is 5.85. The van der Waals surface area contributed by atoms with Gasteiger partial charge in [-0.2, -0.15) is 0 Å². The van der Waals surface area contributed by atoms with Gasteiger partial charge in [0.05, 0.1) is 5.60 Å². The van der Waals surface area contributed by atoms with Crippen molar-refractivity contribution in [3.8, 4) is 0 Å². The zero-order chi connectivity index (χ0) is 13.3. The van der Waals surface area contributed by atoms with Crippen molar-refractivity contribution in [2.45, 2.75) is 44.6 Å². The van der Waals surface area contributed by atoms with Crippen LogP contribution in [0.1, 0.15) is 38.2 Å². The highest BCUT2D eigenvalue weighted by Gasteiger charge is 2.29. The molecule has 2 aromatic carbocycles. The van der Waals surface area contributed by atoms with E-state index in [9.17, 15) is 5.11 Å². The largest absolute Gasteiger partial charge is 0.390 e. The van der Waals surface area contributed by atoms with Crippen LogP contribution in [0.25, 0.3) is 10.8 Å². The molecule has 1 aliphatic rings. The van der Waals surface area contributed by atoms with E-state index in [1.165, 1.54) is 35.6 Å². The average molecular weight is 254 g/mol. The SMILES string of the molecule is CC(O)(Cc1cccc2ccccc12)CC1CCC1. The van der Waals surface area contributed by atoms with Crippen molar-refractivity contribution >= 4 is 10.8 Å². The summed E-state index contributed by atoms with van der Waals surface area (Å²) in [4.78, 5) is 0. The summed E-state index contributed by atoms with van der Waals surface area (Å²) in [5.74, 6) is 0.741. The molecule has 1 N–H and O–H groups in total. The second-order valence-electron chi connectivity index (χ2n) is 6.31. The number of rotatable bonds is 4. The molecule has 1 saturated carbocycles. The molecule has 1 fully saturated rings. The van der Waals surface area contributed by atoms with Gasteiger partial charge in [0.25, 0.3) is 0 Å². The third-order valence-electron chi connectivity index (χ3n) is 4.40. The molecule has 0 heterocycles. The predicted octanol–water partition coefficient (Wildman–Crippen LogP) is 4.32. The fourth-order valence-electron chi connectivity index (χ4n) is 3.25. The third kappa shape index (κ3) is 2.82. The first-order chi connectivity index (χ1) is 9.14. The van der Waals surface area contributed by atoms with Gasteiger partial charge in [-0.1, -0.05) is 61.7 Å². The molecule has 1 heteroatoms. The minimum Gasteiger partial charge on any atom is -0.390 e. The number of hydrogen-bond donors (Lipinski definition) is 1. The van der Waals surface area contributed by atoms with E-state index in [0.29, 0.717) is 0 Å². The maximum atomic E-state index is 10.7. The minimum absolute atomic E-state index is 0.574. The smallest absolute Gasteiger partial charge is 0.0662 e. The summed E-state index contributed by atoms with van der Waals surface area (Å²) >= 11 is 0. The molecular weight excluding hydrogens is 232 g/mol. The molecule has 1 aliphatic carbocycles. The molecule has 0 amide bonds. The van der Waals surface area contributed by atoms with Gasteiger partial charge in [0.2, 0.25) is 0 Å². The topological polar surface area (TPSA) is 20.2 Å². The van der Waals surface area contributed by atoms with Gasteiger partial charge in [0, 0.05) is 6.42 Å². The fourth-order valence-corrected chi connectivity index (χ4v) is 3.25. The summed E-state index contributed by atoms with van der Waals surface area (Å²) in [6.07, 6.45) is 5.63. The van der Waals surface area contributed by atoms with Crippen molar-refractivity contribution in [1.82, 2.24) is 0 Å². The Hall–Kier alpha value is -1.34. The van der Waals surface area contributed by atoms with E-state index in [1.54, 1.807) is 0 Å². The van der Waals surface area contributed by atoms with Gasteiger partial charge < -0.3 is 5.11 Å². The van der Waals surface area contributed by atoms with Crippen LogP contribution in [0.3, 0.4) is 0 Å². The highest BCUT2D eigenvalue weighted by atomic mass is 16.3. The van der Waals surface area contributed by atoms with Crippen LogP contribution in [-0.4, -0.2) is 10.7 Å². The second-order valence-corrected chi connectivity index (χ2v) is 6.31. The van der Waals surface area contributed by atoms with Crippen LogP contribution in [-0.2, 0) is 6.42 Å². The Balaban J connectivity index is 1.83. The molecule has 0 saturated heterocycles. The van der Waals surface area contributed by atoms with E-state index in [-0.39, 0.29) is 0 Å². The Kier molecular flexibility index (Phi) is 3.32. The monoisotopic (exact) mass is 254 g/mol. The lowest BCUT2D eigenvalue weighted by atomic mass is 9.76. The molecule has 19 heavy (non-hydrogen) atoms. The maximum absolute atomic E-state index is 10.7. The first kappa shape index (κ1) is 12.7. The van der Waals surface area contributed by atoms with Crippen LogP contribution >= 0.6 is 0 Å². The maximum Gasteiger partial charge on any atom is 0.0662 e. The molecule has 3 rings (SSSR count). The van der Waals surface area contributed by atoms with Gasteiger partial charge in [-0.25, -0.2) is 0 Å². The molecule has 1 atom stereocenters. The van der Waals surface area contributed by atoms with Crippen LogP contribution in [0.4, 0.5) is 0 Å². The number of benzene rings is 2. The predicted molar refractivity (Wildman–Crippen MR) is 80.2 cm³/mol. The lowest BCUT2D eigenvalue weighted by Gasteiger charge is -2.33. The minimum atomic E-state index is -0.574. The summed E-state index contributed by atoms with van der Waals surface area (Å²) < 4.78 is 0. The van der Waals surface area contributed by atoms with Crippen LogP contribution in [0.5, 0.6) is 0 Å². The van der Waals surface area contributed by atoms with Crippen LogP contribution in [0.15, 0.2) is 42.5 Å². The Morgan fingerprint density at radius 3 is 2.58 bits per heavy atom. The van der Waals surface area contributed by atoms with Gasteiger partial charge in [-0.05, 0) is 35.6 Å². The third-order valence-corrected chi connectivity index (χ3v) is 4.40. The van der Waals surface area contributed by atoms with Crippen LogP contribution in [0.2, 0.25) is 0 Å². The van der Waals surface area contributed by atoms with E-state index >= 15 is 0 Å². The van der Waals surface area contributed by atoms with Gasteiger partial charge in [-0.3, -0.25) is 0 Å². The van der Waals surface area contributed by atoms with Crippen molar-refractivity contribution in [2.24, 2.45) is 5.92 Å². The molecule has 100 valence electrons. The number of fused-ring (bicyclic) bond motifs is 1. The lowest BCUT2D eigenvalue weighted by Crippen LogP contribution is -2.32. The molecule has 0 spiro atoms. The van der Waals surface area contributed by atoms with Gasteiger partial charge in [0.15, 0.2) is 0 Å². The zero-order valence-electron chi connectivity index (χ0n) is 11.6. The van der Waals surface area contributed by atoms with Crippen molar-refractivity contribution in [1.29, 1.82) is 0 Å². The first-order valence-corrected chi connectivity index (χ1v) is 7.33. The van der Waals surface area contributed by atoms with Gasteiger partial charge in [-0.15, -0.1) is 0 Å². The van der Waals surface area contributed by atoms with Crippen molar-refractivity contribution in [2.75, 3.05) is 0 Å². The Labute approximate surface area is 115 Å². The number of hydrogen-bond acceptors (Lipinski definition) is 1. The standard InChI is InChI=1S/C18H22O/c1-18(19,12-14-6-4-7-14)13-16-10-5-9-15-8-2-3-11-17(15)16/h2-3,5,8-11,14,19H,4,6-7,12-13H2,1H3. The van der Waals surface area contributed by atoms with E-state index in [0.717, 1.165) is 18.8 Å². The molecule has 0 aliphatic heterocycles. The molecule has 0 radical (unpaired) electrons. The Bertz CT molecular complexity index is 561. The summed E-state index contributed by atoms with van der Waals surface area (Å²) in [6, 6.07) is 14.8. The molecule has 1 nitrogen and oxygen atoms in total. The molecule has 0 aromatic heterocycles. The average Bonchev–Trinajstić information content (AvgIpc) is 2.34. The zero-order valence-corrected chi connectivity index (χ0v) is 11.6. The van der Waals surface area contributed by atoms with E-state index in [4.69, 9.17) is 0 Å². The molecule has 0 bridgehead atoms. The van der Waals surface area contributed by atoms with Crippen LogP contribution < -0.4 is 0 Å². The van der Waals surface area contributed by atoms with Crippen molar-refractivity contribution in [3.05, 3.63) is 48.0 Å². The quantitative estimate of drug-likeness (QED) is 0.861. The van der Waals surface area contributed by atoms with E-state index in [1.807, 2.05) is 6.92 Å². The second kappa shape index (κ2) is 4.97. The molecular formula is C18H22O. The number of aliphatic hydroxyl groups is 1. The van der Waals surface area contributed by atoms with Crippen molar-refractivity contribution in [3.63, 3.8) is 0 Å². The summed E-state index contributed by atoms with van der Waals surface area (Å²) in [5.41, 5.74) is 0.692. The Morgan fingerprint density at radius 2 is 1.84 bits per heavy atom. The molecule has 2 aromatic rings. The summed E-state index contributed by atoms with van der Waals surface area (Å²) in [5, 5.41) is 13.2. The Morgan fingerprint density at radius 1 is 1.11 bits per heavy atom. The first-order valence-electron chi connectivity index (χ1n) is 7.33. The van der Waals surface area contributed by atoms with Crippen LogP contribution in [0, 0.1) is 5.92 Å². The van der Waals surface area contributed by atoms with Gasteiger partial charge in [0.1, 0.15) is 0 Å². The van der Waals surface area contributed by atoms with Gasteiger partial charge >= 0.3 is 0 Å². The highest BCUT2D eigenvalue weighted by Crippen LogP contribution is 2.35. The fraction of sp³-hybridized carbons (Fsp3) is 0.444. The molecule has 1 unspecified atom stereocenters. The van der Waals surface area contributed by atoms with E-state index in [2.05, 4.69) is 42.5 Å².